The number of amides is 1. The number of nitrogens with one attached hydrogen (secondary N) is 1. The zero-order valence-corrected chi connectivity index (χ0v) is 14.8. The van der Waals surface area contributed by atoms with Gasteiger partial charge in [-0.25, -0.2) is 18.7 Å². The Kier molecular flexibility index (Phi) is 3.50. The number of carbonyl (C=O) groups is 1. The van der Waals surface area contributed by atoms with Crippen LogP contribution >= 0.6 is 0 Å². The summed E-state index contributed by atoms with van der Waals surface area (Å²) in [7, 11) is 0. The number of pyridine rings is 1. The van der Waals surface area contributed by atoms with Gasteiger partial charge in [0.05, 0.1) is 11.4 Å². The lowest BCUT2D eigenvalue weighted by Gasteiger charge is -2.19. The number of benzene rings is 1. The van der Waals surface area contributed by atoms with Crippen LogP contribution in [0.5, 0.6) is 0 Å². The van der Waals surface area contributed by atoms with Gasteiger partial charge in [0.15, 0.2) is 5.65 Å². The van der Waals surface area contributed by atoms with Gasteiger partial charge in [0.25, 0.3) is 0 Å². The molecule has 0 radical (unpaired) electrons. The van der Waals surface area contributed by atoms with Crippen LogP contribution in [0.4, 0.5) is 10.1 Å². The minimum Gasteiger partial charge on any atom is -0.310 e. The molecule has 2 aromatic heterocycles. The van der Waals surface area contributed by atoms with Crippen LogP contribution in [0.3, 0.4) is 0 Å². The Labute approximate surface area is 149 Å². The zero-order valence-electron chi connectivity index (χ0n) is 14.8. The van der Waals surface area contributed by atoms with Crippen molar-refractivity contribution in [1.29, 1.82) is 0 Å². The van der Waals surface area contributed by atoms with E-state index in [-0.39, 0.29) is 22.8 Å². The fraction of sp³-hybridized carbons (Fsp3) is 0.316. The normalized spacial score (nSPS) is 15.5. The second-order valence-corrected chi connectivity index (χ2v) is 7.38. The Morgan fingerprint density at radius 2 is 2.00 bits per heavy atom. The number of carbonyl (C=O) groups excluding carboxylic acids is 1. The number of halogens is 1. The number of hydrogen-bond donors (Lipinski definition) is 1. The van der Waals surface area contributed by atoms with Crippen molar-refractivity contribution in [1.82, 2.24) is 14.6 Å². The van der Waals surface area contributed by atoms with E-state index in [4.69, 9.17) is 0 Å². The summed E-state index contributed by atoms with van der Waals surface area (Å²) in [6.07, 6.45) is 0.480. The minimum atomic E-state index is -0.374. The molecule has 134 valence electrons. The summed E-state index contributed by atoms with van der Waals surface area (Å²) in [5.41, 5.74) is 3.06. The van der Waals surface area contributed by atoms with Gasteiger partial charge in [0, 0.05) is 30.9 Å². The highest BCUT2D eigenvalue weighted by atomic mass is 19.1. The van der Waals surface area contributed by atoms with Crippen LogP contribution in [0.1, 0.15) is 37.6 Å². The lowest BCUT2D eigenvalue weighted by atomic mass is 9.90. The fourth-order valence-corrected chi connectivity index (χ4v) is 3.78. The maximum Gasteiger partial charge on any atom is 0.348 e. The van der Waals surface area contributed by atoms with E-state index in [1.165, 1.54) is 19.1 Å². The molecule has 0 unspecified atom stereocenters. The predicted molar refractivity (Wildman–Crippen MR) is 96.1 cm³/mol. The Morgan fingerprint density at radius 3 is 2.65 bits per heavy atom. The molecule has 3 heterocycles. The third-order valence-electron chi connectivity index (χ3n) is 4.91. The zero-order chi connectivity index (χ0) is 18.6. The summed E-state index contributed by atoms with van der Waals surface area (Å²) in [6, 6.07) is 8.14. The quantitative estimate of drug-likeness (QED) is 0.768. The number of hydrogen-bond acceptors (Lipinski definition) is 3. The molecule has 6 nitrogen and oxygen atoms in total. The molecule has 1 aromatic carbocycles. The third-order valence-corrected chi connectivity index (χ3v) is 4.91. The van der Waals surface area contributed by atoms with Crippen LogP contribution in [0.2, 0.25) is 0 Å². The molecule has 0 fully saturated rings. The van der Waals surface area contributed by atoms with E-state index in [1.54, 1.807) is 21.4 Å². The van der Waals surface area contributed by atoms with Gasteiger partial charge in [0.2, 0.25) is 5.91 Å². The van der Waals surface area contributed by atoms with E-state index in [1.807, 2.05) is 19.9 Å². The maximum absolute atomic E-state index is 13.2. The lowest BCUT2D eigenvalue weighted by molar-refractivity contribution is -0.116. The van der Waals surface area contributed by atoms with Crippen LogP contribution in [0, 0.1) is 5.82 Å². The predicted octanol–water partition coefficient (Wildman–Crippen LogP) is 2.40. The van der Waals surface area contributed by atoms with Crippen LogP contribution in [0.15, 0.2) is 35.1 Å². The van der Waals surface area contributed by atoms with Gasteiger partial charge in [-0.2, -0.15) is 5.10 Å². The van der Waals surface area contributed by atoms with Crippen LogP contribution in [0.25, 0.3) is 5.65 Å². The van der Waals surface area contributed by atoms with Gasteiger partial charge in [-0.1, -0.05) is 26.0 Å². The van der Waals surface area contributed by atoms with Crippen molar-refractivity contribution >= 4 is 17.2 Å². The molecule has 0 aliphatic carbocycles. The Morgan fingerprint density at radius 1 is 1.31 bits per heavy atom. The van der Waals surface area contributed by atoms with E-state index < -0.39 is 0 Å². The highest BCUT2D eigenvalue weighted by Crippen LogP contribution is 2.41. The molecule has 4 rings (SSSR count). The molecule has 1 N–H and O–H groups in total. The molecule has 0 atom stereocenters. The van der Waals surface area contributed by atoms with E-state index in [9.17, 15) is 14.0 Å². The molecule has 3 aromatic rings. The summed E-state index contributed by atoms with van der Waals surface area (Å²) >= 11 is 0. The van der Waals surface area contributed by atoms with E-state index in [0.717, 1.165) is 22.5 Å². The molecule has 0 bridgehead atoms. The van der Waals surface area contributed by atoms with E-state index >= 15 is 0 Å². The van der Waals surface area contributed by atoms with Crippen molar-refractivity contribution in [2.75, 3.05) is 11.4 Å². The van der Waals surface area contributed by atoms with Crippen molar-refractivity contribution in [2.45, 2.75) is 32.6 Å². The first kappa shape index (κ1) is 16.5. The van der Waals surface area contributed by atoms with Gasteiger partial charge < -0.3 is 4.90 Å². The first-order valence-electron chi connectivity index (χ1n) is 8.44. The van der Waals surface area contributed by atoms with E-state index in [2.05, 4.69) is 10.2 Å². The summed E-state index contributed by atoms with van der Waals surface area (Å²) in [4.78, 5) is 26.3. The number of rotatable bonds is 2. The first-order valence-corrected chi connectivity index (χ1v) is 8.44. The summed E-state index contributed by atoms with van der Waals surface area (Å²) < 4.78 is 14.7. The van der Waals surface area contributed by atoms with Gasteiger partial charge in [0.1, 0.15) is 5.82 Å². The number of aromatic amines is 1. The largest absolute Gasteiger partial charge is 0.348 e. The second kappa shape index (κ2) is 5.52. The van der Waals surface area contributed by atoms with Crippen molar-refractivity contribution in [3.63, 3.8) is 0 Å². The first-order chi connectivity index (χ1) is 12.3. The summed E-state index contributed by atoms with van der Waals surface area (Å²) in [5, 5.41) is 6.71. The van der Waals surface area contributed by atoms with Crippen molar-refractivity contribution < 1.29 is 9.18 Å². The SMILES string of the molecule is CC(=O)N1CC(C)(C)c2c1cc(Cc1ccc(F)cc1)c1n[nH]c(=O)n21. The molecule has 7 heteroatoms. The molecular formula is C19H19FN4O2. The molecule has 0 saturated heterocycles. The van der Waals surface area contributed by atoms with Crippen LogP contribution in [-0.2, 0) is 16.6 Å². The average Bonchev–Trinajstić information content (AvgIpc) is 3.08. The van der Waals surface area contributed by atoms with Gasteiger partial charge in [-0.3, -0.25) is 4.79 Å². The van der Waals surface area contributed by atoms with Gasteiger partial charge >= 0.3 is 5.69 Å². The van der Waals surface area contributed by atoms with Gasteiger partial charge in [-0.15, -0.1) is 0 Å². The molecular weight excluding hydrogens is 335 g/mol. The fourth-order valence-electron chi connectivity index (χ4n) is 3.78. The minimum absolute atomic E-state index is 0.0690. The Balaban J connectivity index is 1.96. The van der Waals surface area contributed by atoms with Crippen molar-refractivity contribution in [3.8, 4) is 0 Å². The smallest absolute Gasteiger partial charge is 0.310 e. The van der Waals surface area contributed by atoms with Crippen LogP contribution in [-0.4, -0.2) is 27.0 Å². The number of aromatic nitrogens is 3. The molecule has 1 amide bonds. The standard InChI is InChI=1S/C19H19FN4O2/c1-11(25)23-10-19(2,3)16-15(23)9-13(17-21-22-18(26)24(16)17)8-12-4-6-14(20)7-5-12/h4-7,9H,8,10H2,1-3H3,(H,22,26). The van der Waals surface area contributed by atoms with Crippen molar-refractivity contribution in [2.24, 2.45) is 0 Å². The number of H-pyrrole nitrogens is 1. The van der Waals surface area contributed by atoms with Crippen LogP contribution < -0.4 is 10.6 Å². The molecule has 0 saturated carbocycles. The summed E-state index contributed by atoms with van der Waals surface area (Å²) in [6.45, 7) is 6.04. The van der Waals surface area contributed by atoms with Gasteiger partial charge in [-0.05, 0) is 23.8 Å². The lowest BCUT2D eigenvalue weighted by Crippen LogP contribution is -2.32. The Hall–Kier alpha value is -2.96. The second-order valence-electron chi connectivity index (χ2n) is 7.38. The highest BCUT2D eigenvalue weighted by Gasteiger charge is 2.40. The number of nitrogens with zero attached hydrogens (tertiary/aromatic N) is 3. The monoisotopic (exact) mass is 354 g/mol. The molecule has 26 heavy (non-hydrogen) atoms. The number of anilines is 1. The maximum atomic E-state index is 13.2. The summed E-state index contributed by atoms with van der Waals surface area (Å²) in [5.74, 6) is -0.367. The average molecular weight is 354 g/mol. The van der Waals surface area contributed by atoms with Crippen molar-refractivity contribution in [3.05, 3.63) is 63.5 Å². The topological polar surface area (TPSA) is 70.5 Å². The number of fused-ring (bicyclic) bond motifs is 3. The highest BCUT2D eigenvalue weighted by molar-refractivity contribution is 5.95. The molecule has 1 aliphatic heterocycles. The molecule has 1 aliphatic rings. The van der Waals surface area contributed by atoms with E-state index in [0.29, 0.717) is 18.6 Å². The molecule has 0 spiro atoms. The Bertz CT molecular complexity index is 1080. The third kappa shape index (κ3) is 2.42.